The zero-order valence-corrected chi connectivity index (χ0v) is 22.2. The van der Waals surface area contributed by atoms with Crippen LogP contribution in [0.5, 0.6) is 0 Å². The van der Waals surface area contributed by atoms with Gasteiger partial charge < -0.3 is 0 Å². The van der Waals surface area contributed by atoms with Crippen LogP contribution >= 0.6 is 0 Å². The van der Waals surface area contributed by atoms with Crippen LogP contribution in [0.3, 0.4) is 0 Å². The summed E-state index contributed by atoms with van der Waals surface area (Å²) in [6.07, 6.45) is 5.47. The van der Waals surface area contributed by atoms with Crippen LogP contribution in [-0.2, 0) is 4.74 Å². The third kappa shape index (κ3) is 5.25. The third-order valence-corrected chi connectivity index (χ3v) is 10.4. The summed E-state index contributed by atoms with van der Waals surface area (Å²) < 4.78 is 8.63. The molecule has 0 aliphatic heterocycles. The molecule has 2 aromatic rings. The molecule has 0 spiro atoms. The second kappa shape index (κ2) is 7.91. The molecule has 0 N–H and O–H groups in total. The van der Waals surface area contributed by atoms with Gasteiger partial charge in [-0.25, -0.2) is 0 Å². The quantitative estimate of drug-likeness (QED) is 0.273. The molecular formula is C25H29NO2Sn. The number of carbonyl (C=O) groups excluding carboxylic acids is 1. The first kappa shape index (κ1) is 21.5. The van der Waals surface area contributed by atoms with Gasteiger partial charge in [-0.05, 0) is 17.2 Å². The summed E-state index contributed by atoms with van der Waals surface area (Å²) in [6.45, 7) is 12.3. The predicted octanol–water partition coefficient (Wildman–Crippen LogP) is 5.09. The average molecular weight is 494 g/mol. The van der Waals surface area contributed by atoms with Gasteiger partial charge in [-0.1, -0.05) is 18.2 Å². The van der Waals surface area contributed by atoms with Crippen LogP contribution in [-0.4, -0.2) is 37.4 Å². The molecule has 0 atom stereocenters. The fraction of sp³-hybridized carbons (Fsp3) is 0.320. The summed E-state index contributed by atoms with van der Waals surface area (Å²) in [5.41, 5.74) is 4.04. The smallest absolute Gasteiger partial charge is 0.0178 e. The van der Waals surface area contributed by atoms with Crippen molar-refractivity contribution < 1.29 is 9.53 Å². The van der Waals surface area contributed by atoms with Gasteiger partial charge in [0.2, 0.25) is 0 Å². The SMILES string of the molecule is C#Cc1[c]([SnH2][C](C)(C)C)n(C(=O)OC(C)(C)C)c2ccccc12.c1cc2cc-2c1. The van der Waals surface area contributed by atoms with Gasteiger partial charge in [0.05, 0.1) is 0 Å². The normalized spacial score (nSPS) is 12.4. The molecule has 0 radical (unpaired) electrons. The van der Waals surface area contributed by atoms with Crippen molar-refractivity contribution in [1.29, 1.82) is 0 Å². The summed E-state index contributed by atoms with van der Waals surface area (Å²) >= 11 is -1.53. The molecule has 0 amide bonds. The van der Waals surface area contributed by atoms with E-state index in [0.29, 0.717) is 0 Å². The maximum absolute atomic E-state index is 12.8. The van der Waals surface area contributed by atoms with E-state index < -0.39 is 26.7 Å². The molecule has 29 heavy (non-hydrogen) atoms. The van der Waals surface area contributed by atoms with Crippen LogP contribution in [0, 0.1) is 12.3 Å². The Labute approximate surface area is 183 Å². The molecule has 1 heterocycles. The Hall–Kier alpha value is -2.19. The first-order chi connectivity index (χ1) is 13.5. The number of terminal acetylenes is 1. The van der Waals surface area contributed by atoms with Crippen molar-refractivity contribution in [2.24, 2.45) is 0 Å². The Morgan fingerprint density at radius 1 is 1.00 bits per heavy atom. The van der Waals surface area contributed by atoms with Crippen LogP contribution in [0.15, 0.2) is 48.5 Å². The zero-order chi connectivity index (χ0) is 21.4. The summed E-state index contributed by atoms with van der Waals surface area (Å²) in [5, 5.41) is 0.969. The van der Waals surface area contributed by atoms with Crippen molar-refractivity contribution in [2.45, 2.75) is 50.6 Å². The van der Waals surface area contributed by atoms with E-state index >= 15 is 0 Å². The number of hydrogen-bond acceptors (Lipinski definition) is 2. The van der Waals surface area contributed by atoms with Gasteiger partial charge in [-0.3, -0.25) is 0 Å². The van der Waals surface area contributed by atoms with E-state index in [9.17, 15) is 4.79 Å². The Kier molecular flexibility index (Phi) is 5.87. The molecule has 150 valence electrons. The molecule has 0 fully saturated rings. The number of ether oxygens (including phenoxy) is 1. The minimum absolute atomic E-state index is 0.210. The van der Waals surface area contributed by atoms with Crippen molar-refractivity contribution in [1.82, 2.24) is 4.57 Å². The number of para-hydroxylation sites is 1. The first-order valence-corrected chi connectivity index (χ1v) is 14.0. The van der Waals surface area contributed by atoms with Gasteiger partial charge in [0, 0.05) is 0 Å². The third-order valence-electron chi connectivity index (χ3n) is 4.50. The molecule has 0 saturated heterocycles. The molecule has 2 aliphatic rings. The number of nitrogens with zero attached hydrogens (tertiary/aromatic N) is 1. The van der Waals surface area contributed by atoms with Crippen LogP contribution < -0.4 is 3.71 Å². The van der Waals surface area contributed by atoms with E-state index in [-0.39, 0.29) is 9.52 Å². The Morgan fingerprint density at radius 2 is 1.62 bits per heavy atom. The fourth-order valence-electron chi connectivity index (χ4n) is 3.32. The maximum Gasteiger partial charge on any atom is -0.0178 e. The number of benzene rings is 2. The minimum atomic E-state index is -1.53. The van der Waals surface area contributed by atoms with E-state index in [1.165, 1.54) is 11.1 Å². The molecule has 4 heteroatoms. The van der Waals surface area contributed by atoms with E-state index in [4.69, 9.17) is 11.2 Å². The fourth-order valence-corrected chi connectivity index (χ4v) is 8.83. The van der Waals surface area contributed by atoms with E-state index in [1.807, 2.05) is 45.0 Å². The van der Waals surface area contributed by atoms with Crippen LogP contribution in [0.2, 0.25) is 3.43 Å². The monoisotopic (exact) mass is 495 g/mol. The summed E-state index contributed by atoms with van der Waals surface area (Å²) in [5.74, 6) is 2.82. The van der Waals surface area contributed by atoms with Gasteiger partial charge in [0.15, 0.2) is 0 Å². The van der Waals surface area contributed by atoms with Crippen molar-refractivity contribution in [3.8, 4) is 23.5 Å². The molecule has 3 nitrogen and oxygen atoms in total. The van der Waals surface area contributed by atoms with Gasteiger partial charge in [-0.15, -0.1) is 0 Å². The number of aromatic nitrogens is 1. The topological polar surface area (TPSA) is 31.2 Å². The number of fused-ring (bicyclic) bond motifs is 2. The van der Waals surface area contributed by atoms with Gasteiger partial charge in [0.25, 0.3) is 0 Å². The predicted molar refractivity (Wildman–Crippen MR) is 125 cm³/mol. The molecular weight excluding hydrogens is 465 g/mol. The van der Waals surface area contributed by atoms with E-state index in [1.54, 1.807) is 4.57 Å². The van der Waals surface area contributed by atoms with Crippen LogP contribution in [0.1, 0.15) is 47.1 Å². The molecule has 2 aliphatic carbocycles. The standard InChI is InChI=1S/C15H14NO2.C6H4.C4H9.Sn.2H/c1-5-11-10-16(14(17)18-15(2,3)4)13-9-7-6-8-12(11)13;1-2-5-4-6(5)3-1;1-4(2)3;;;/h1,6-9H,2-4H3;1-4H;1-3H3;;;. The number of rotatable bonds is 1. The second-order valence-electron chi connectivity index (χ2n) is 9.62. The Bertz CT molecular complexity index is 1090. The Morgan fingerprint density at radius 3 is 2.07 bits per heavy atom. The van der Waals surface area contributed by atoms with Gasteiger partial charge in [-0.2, -0.15) is 0 Å². The van der Waals surface area contributed by atoms with Crippen molar-refractivity contribution in [2.75, 3.05) is 0 Å². The molecule has 0 bridgehead atoms. The summed E-state index contributed by atoms with van der Waals surface area (Å²) in [4.78, 5) is 12.8. The molecule has 4 rings (SSSR count). The number of hydrogen-bond donors (Lipinski definition) is 0. The Balaban J connectivity index is 0.000000334. The molecule has 0 unspecified atom stereocenters. The summed E-state index contributed by atoms with van der Waals surface area (Å²) in [7, 11) is 0. The molecule has 1 aromatic heterocycles. The first-order valence-electron chi connectivity index (χ1n) is 9.93. The second-order valence-corrected chi connectivity index (χ2v) is 18.6. The van der Waals surface area contributed by atoms with E-state index in [0.717, 1.165) is 20.2 Å². The van der Waals surface area contributed by atoms with Gasteiger partial charge in [0.1, 0.15) is 0 Å². The zero-order valence-electron chi connectivity index (χ0n) is 18.2. The molecule has 1 aromatic carbocycles. The van der Waals surface area contributed by atoms with Gasteiger partial charge >= 0.3 is 149 Å². The minimum Gasteiger partial charge on any atom is -0.0610 e. The maximum atomic E-state index is 12.8. The van der Waals surface area contributed by atoms with Crippen molar-refractivity contribution in [3.05, 3.63) is 54.1 Å². The summed E-state index contributed by atoms with van der Waals surface area (Å²) in [6, 6.07) is 16.3. The van der Waals surface area contributed by atoms with Crippen molar-refractivity contribution >= 4 is 41.8 Å². The van der Waals surface area contributed by atoms with Crippen LogP contribution in [0.4, 0.5) is 4.79 Å². The van der Waals surface area contributed by atoms with E-state index in [2.05, 4.69) is 51.0 Å². The average Bonchev–Trinajstić information content (AvgIpc) is 3.06. The van der Waals surface area contributed by atoms with Crippen molar-refractivity contribution in [3.63, 3.8) is 0 Å². The molecule has 0 saturated carbocycles. The van der Waals surface area contributed by atoms with Crippen LogP contribution in [0.25, 0.3) is 22.0 Å². The number of carbonyl (C=O) groups is 1. The largest absolute Gasteiger partial charge is 0.0610 e.